The van der Waals surface area contributed by atoms with Gasteiger partial charge in [0.2, 0.25) is 5.91 Å². The highest BCUT2D eigenvalue weighted by Crippen LogP contribution is 2.27. The summed E-state index contributed by atoms with van der Waals surface area (Å²) in [6.07, 6.45) is 0.838. The number of amides is 1. The molecular weight excluding hydrogens is 364 g/mol. The molecule has 4 rings (SSSR count). The maximum atomic E-state index is 13.3. The fourth-order valence-corrected chi connectivity index (χ4v) is 3.93. The molecule has 4 aromatic rings. The first kappa shape index (κ1) is 18.9. The van der Waals surface area contributed by atoms with Crippen LogP contribution < -0.4 is 10.9 Å². The van der Waals surface area contributed by atoms with E-state index >= 15 is 0 Å². The lowest BCUT2D eigenvalue weighted by molar-refractivity contribution is -0.119. The summed E-state index contributed by atoms with van der Waals surface area (Å²) in [6, 6.07) is 14.7. The van der Waals surface area contributed by atoms with Gasteiger partial charge in [0.25, 0.3) is 5.56 Å². The average molecular weight is 388 g/mol. The van der Waals surface area contributed by atoms with E-state index in [0.29, 0.717) is 5.65 Å². The second-order valence-corrected chi connectivity index (χ2v) is 7.36. The van der Waals surface area contributed by atoms with Crippen molar-refractivity contribution in [2.45, 2.75) is 40.2 Å². The highest BCUT2D eigenvalue weighted by atomic mass is 16.2. The summed E-state index contributed by atoms with van der Waals surface area (Å²) in [6.45, 7) is 7.79. The molecule has 0 bridgehead atoms. The zero-order chi connectivity index (χ0) is 20.7. The second-order valence-electron chi connectivity index (χ2n) is 7.36. The molecule has 0 aliphatic rings. The molecule has 0 saturated heterocycles. The van der Waals surface area contributed by atoms with Gasteiger partial charge in [-0.3, -0.25) is 14.3 Å². The van der Waals surface area contributed by atoms with Gasteiger partial charge in [0.15, 0.2) is 5.65 Å². The number of carbonyl (C=O) groups is 1. The third-order valence-corrected chi connectivity index (χ3v) is 5.42. The molecule has 0 aliphatic heterocycles. The van der Waals surface area contributed by atoms with Crippen LogP contribution in [0.25, 0.3) is 16.6 Å². The third-order valence-electron chi connectivity index (χ3n) is 5.42. The summed E-state index contributed by atoms with van der Waals surface area (Å²) in [7, 11) is 0. The molecule has 0 radical (unpaired) electrons. The minimum Gasteiger partial charge on any atom is -0.324 e. The quantitative estimate of drug-likeness (QED) is 0.574. The van der Waals surface area contributed by atoms with Crippen molar-refractivity contribution in [3.63, 3.8) is 0 Å². The maximum absolute atomic E-state index is 13.3. The van der Waals surface area contributed by atoms with Gasteiger partial charge in [0.1, 0.15) is 6.04 Å². The van der Waals surface area contributed by atoms with Crippen LogP contribution in [-0.2, 0) is 11.2 Å². The smallest absolute Gasteiger partial charge is 0.273 e. The van der Waals surface area contributed by atoms with Crippen molar-refractivity contribution in [1.29, 1.82) is 0 Å². The highest BCUT2D eigenvalue weighted by Gasteiger charge is 2.23. The molecule has 6 nitrogen and oxygen atoms in total. The number of para-hydroxylation sites is 2. The van der Waals surface area contributed by atoms with E-state index in [0.717, 1.165) is 39.8 Å². The number of carbonyl (C=O) groups excluding carboxylic acids is 1. The lowest BCUT2D eigenvalue weighted by Gasteiger charge is -2.20. The Morgan fingerprint density at radius 3 is 2.66 bits per heavy atom. The first-order valence-electron chi connectivity index (χ1n) is 9.81. The number of aryl methyl sites for hydroxylation is 3. The van der Waals surface area contributed by atoms with Gasteiger partial charge in [-0.2, -0.15) is 4.98 Å². The van der Waals surface area contributed by atoms with Crippen LogP contribution in [0.4, 0.5) is 5.69 Å². The topological polar surface area (TPSA) is 68.4 Å². The first-order chi connectivity index (χ1) is 13.9. The molecular formula is C23H24N4O2. The van der Waals surface area contributed by atoms with Crippen LogP contribution in [0.3, 0.4) is 0 Å². The van der Waals surface area contributed by atoms with Crippen molar-refractivity contribution in [1.82, 2.24) is 14.2 Å². The maximum Gasteiger partial charge on any atom is 0.273 e. The van der Waals surface area contributed by atoms with Crippen molar-refractivity contribution in [2.24, 2.45) is 0 Å². The van der Waals surface area contributed by atoms with E-state index in [2.05, 4.69) is 17.2 Å². The molecule has 2 aromatic heterocycles. The number of aromatic nitrogens is 3. The van der Waals surface area contributed by atoms with E-state index in [4.69, 9.17) is 0 Å². The number of anilines is 1. The van der Waals surface area contributed by atoms with E-state index in [-0.39, 0.29) is 11.5 Å². The Bertz CT molecular complexity index is 1300. The van der Waals surface area contributed by atoms with Crippen LogP contribution in [0, 0.1) is 13.8 Å². The summed E-state index contributed by atoms with van der Waals surface area (Å²) in [5, 5.41) is 3.97. The zero-order valence-electron chi connectivity index (χ0n) is 17.1. The predicted molar refractivity (Wildman–Crippen MR) is 116 cm³/mol. The summed E-state index contributed by atoms with van der Waals surface area (Å²) in [5.41, 5.74) is 4.89. The Hall–Kier alpha value is -3.41. The van der Waals surface area contributed by atoms with Crippen molar-refractivity contribution in [3.05, 3.63) is 75.7 Å². The fraction of sp³-hybridized carbons (Fsp3) is 0.261. The van der Waals surface area contributed by atoms with Crippen LogP contribution in [-0.4, -0.2) is 20.1 Å². The lowest BCUT2D eigenvalue weighted by Crippen LogP contribution is -2.28. The Labute approximate surface area is 168 Å². The molecule has 6 heteroatoms. The number of nitrogens with one attached hydrogen (secondary N) is 1. The molecule has 29 heavy (non-hydrogen) atoms. The van der Waals surface area contributed by atoms with Gasteiger partial charge < -0.3 is 5.32 Å². The molecule has 2 aromatic carbocycles. The van der Waals surface area contributed by atoms with Gasteiger partial charge in [-0.15, -0.1) is 0 Å². The largest absolute Gasteiger partial charge is 0.324 e. The summed E-state index contributed by atoms with van der Waals surface area (Å²) in [5.74, 6) is -0.116. The molecule has 0 aliphatic carbocycles. The van der Waals surface area contributed by atoms with Gasteiger partial charge in [-0.1, -0.05) is 37.3 Å². The molecule has 1 atom stereocenters. The van der Waals surface area contributed by atoms with Gasteiger partial charge in [-0.25, -0.2) is 4.52 Å². The molecule has 1 amide bonds. The van der Waals surface area contributed by atoms with Crippen molar-refractivity contribution in [3.8, 4) is 0 Å². The Balaban J connectivity index is 1.86. The van der Waals surface area contributed by atoms with Crippen LogP contribution in [0.15, 0.2) is 53.3 Å². The lowest BCUT2D eigenvalue weighted by atomic mass is 10.1. The molecule has 0 fully saturated rings. The first-order valence-corrected chi connectivity index (χ1v) is 9.81. The van der Waals surface area contributed by atoms with Gasteiger partial charge in [-0.05, 0) is 50.5 Å². The third kappa shape index (κ3) is 3.10. The molecule has 0 saturated carbocycles. The van der Waals surface area contributed by atoms with Gasteiger partial charge >= 0.3 is 0 Å². The summed E-state index contributed by atoms with van der Waals surface area (Å²) < 4.78 is 3.76. The molecule has 2 heterocycles. The summed E-state index contributed by atoms with van der Waals surface area (Å²) in [4.78, 5) is 29.5. The Morgan fingerprint density at radius 2 is 1.90 bits per heavy atom. The fourth-order valence-electron chi connectivity index (χ4n) is 3.93. The average Bonchev–Trinajstić information content (AvgIpc) is 3.03. The molecule has 1 unspecified atom stereocenters. The highest BCUT2D eigenvalue weighted by molar-refractivity contribution is 5.98. The minimum atomic E-state index is -0.510. The molecule has 0 spiro atoms. The molecule has 148 valence electrons. The SMILES string of the molecule is CCc1cccc(C)c1NC(=O)C(C)n1c2ccccc2c2nc(=O)cc(C)n21. The second kappa shape index (κ2) is 7.20. The number of fused-ring (bicyclic) bond motifs is 3. The van der Waals surface area contributed by atoms with Crippen LogP contribution >= 0.6 is 0 Å². The van der Waals surface area contributed by atoms with E-state index in [1.165, 1.54) is 6.07 Å². The standard InChI is InChI=1S/C23H24N4O2/c1-5-17-10-8-9-14(2)21(17)25-23(29)16(4)27-19-12-7-6-11-18(19)22-24-20(28)13-15(3)26(22)27/h6-13,16H,5H2,1-4H3,(H,25,29). The number of hydrogen-bond acceptors (Lipinski definition) is 3. The number of nitrogens with zero attached hydrogens (tertiary/aromatic N) is 3. The minimum absolute atomic E-state index is 0.116. The predicted octanol–water partition coefficient (Wildman–Crippen LogP) is 4.03. The van der Waals surface area contributed by atoms with Crippen LogP contribution in [0.5, 0.6) is 0 Å². The van der Waals surface area contributed by atoms with Gasteiger partial charge in [0, 0.05) is 22.8 Å². The summed E-state index contributed by atoms with van der Waals surface area (Å²) >= 11 is 0. The Morgan fingerprint density at radius 1 is 1.14 bits per heavy atom. The number of benzene rings is 2. The van der Waals surface area contributed by atoms with Crippen LogP contribution in [0.1, 0.15) is 36.7 Å². The number of hydrogen-bond donors (Lipinski definition) is 1. The van der Waals surface area contributed by atoms with E-state index in [1.54, 1.807) is 0 Å². The van der Waals surface area contributed by atoms with E-state index < -0.39 is 6.04 Å². The monoisotopic (exact) mass is 388 g/mol. The van der Waals surface area contributed by atoms with Crippen molar-refractivity contribution in [2.75, 3.05) is 5.32 Å². The van der Waals surface area contributed by atoms with Gasteiger partial charge in [0.05, 0.1) is 5.52 Å². The zero-order valence-corrected chi connectivity index (χ0v) is 17.1. The van der Waals surface area contributed by atoms with Crippen molar-refractivity contribution >= 4 is 28.1 Å². The Kier molecular flexibility index (Phi) is 4.70. The number of rotatable bonds is 4. The van der Waals surface area contributed by atoms with Crippen molar-refractivity contribution < 1.29 is 4.79 Å². The molecule has 1 N–H and O–H groups in total. The normalized spacial score (nSPS) is 12.4. The van der Waals surface area contributed by atoms with E-state index in [1.807, 2.05) is 72.4 Å². The van der Waals surface area contributed by atoms with E-state index in [9.17, 15) is 9.59 Å². The van der Waals surface area contributed by atoms with Crippen LogP contribution in [0.2, 0.25) is 0 Å².